The highest BCUT2D eigenvalue weighted by molar-refractivity contribution is 6.08. The number of ether oxygens (including phenoxy) is 1. The van der Waals surface area contributed by atoms with Gasteiger partial charge in [-0.25, -0.2) is 0 Å². The van der Waals surface area contributed by atoms with Gasteiger partial charge in [0.1, 0.15) is 11.8 Å². The first-order valence-corrected chi connectivity index (χ1v) is 6.35. The Morgan fingerprint density at radius 2 is 2.00 bits per heavy atom. The molecular weight excluding hydrogens is 260 g/mol. The van der Waals surface area contributed by atoms with Crippen molar-refractivity contribution in [3.8, 4) is 5.75 Å². The van der Waals surface area contributed by atoms with Gasteiger partial charge < -0.3 is 9.64 Å². The lowest BCUT2D eigenvalue weighted by molar-refractivity contribution is -0.126. The number of amides is 3. The molecule has 1 aromatic carbocycles. The normalized spacial score (nSPS) is 17.8. The molecule has 0 saturated carbocycles. The number of hydrogen-bond acceptors (Lipinski definition) is 4. The largest absolute Gasteiger partial charge is 0.497 e. The quantitative estimate of drug-likeness (QED) is 0.816. The molecule has 106 valence electrons. The Hall–Kier alpha value is -2.37. The van der Waals surface area contributed by atoms with Gasteiger partial charge in [0.25, 0.3) is 5.91 Å². The lowest BCUT2D eigenvalue weighted by atomic mass is 10.1. The van der Waals surface area contributed by atoms with Crippen LogP contribution < -0.4 is 10.1 Å². The average Bonchev–Trinajstić information content (AvgIpc) is 2.78. The molecule has 1 heterocycles. The molecule has 6 nitrogen and oxygen atoms in total. The number of imide groups is 1. The fourth-order valence-corrected chi connectivity index (χ4v) is 2.20. The number of hydrogen-bond donors (Lipinski definition) is 1. The smallest absolute Gasteiger partial charge is 0.254 e. The summed E-state index contributed by atoms with van der Waals surface area (Å²) in [7, 11) is 1.55. The van der Waals surface area contributed by atoms with E-state index in [1.54, 1.807) is 38.3 Å². The van der Waals surface area contributed by atoms with Crippen LogP contribution in [0.1, 0.15) is 23.7 Å². The fraction of sp³-hybridized carbons (Fsp3) is 0.357. The maximum Gasteiger partial charge on any atom is 0.254 e. The van der Waals surface area contributed by atoms with Crippen molar-refractivity contribution in [2.45, 2.75) is 19.4 Å². The molecule has 1 aliphatic rings. The van der Waals surface area contributed by atoms with Gasteiger partial charge in [0.2, 0.25) is 11.8 Å². The molecule has 1 saturated heterocycles. The Labute approximate surface area is 116 Å². The number of benzene rings is 1. The Morgan fingerprint density at radius 3 is 2.45 bits per heavy atom. The molecule has 20 heavy (non-hydrogen) atoms. The van der Waals surface area contributed by atoms with Crippen molar-refractivity contribution in [1.82, 2.24) is 10.2 Å². The molecule has 1 fully saturated rings. The molecular formula is C14H16N2O4. The van der Waals surface area contributed by atoms with Crippen LogP contribution in [0.2, 0.25) is 0 Å². The molecule has 6 heteroatoms. The van der Waals surface area contributed by atoms with Crippen LogP contribution in [0.3, 0.4) is 0 Å². The Morgan fingerprint density at radius 1 is 1.35 bits per heavy atom. The molecule has 0 aliphatic carbocycles. The topological polar surface area (TPSA) is 75.7 Å². The summed E-state index contributed by atoms with van der Waals surface area (Å²) < 4.78 is 5.03. The van der Waals surface area contributed by atoms with Gasteiger partial charge in [0.15, 0.2) is 0 Å². The van der Waals surface area contributed by atoms with E-state index in [0.29, 0.717) is 17.9 Å². The zero-order valence-corrected chi connectivity index (χ0v) is 11.4. The second-order valence-electron chi connectivity index (χ2n) is 4.45. The number of likely N-dealkylation sites (N-methyl/N-ethyl adjacent to an activating group) is 1. The van der Waals surface area contributed by atoms with E-state index in [1.165, 1.54) is 4.90 Å². The second kappa shape index (κ2) is 5.73. The van der Waals surface area contributed by atoms with Gasteiger partial charge in [-0.05, 0) is 31.2 Å². The number of carbonyl (C=O) groups excluding carboxylic acids is 3. The molecule has 0 bridgehead atoms. The van der Waals surface area contributed by atoms with E-state index < -0.39 is 11.9 Å². The summed E-state index contributed by atoms with van der Waals surface area (Å²) in [5.74, 6) is -0.386. The third kappa shape index (κ3) is 2.64. The van der Waals surface area contributed by atoms with E-state index in [9.17, 15) is 14.4 Å². The van der Waals surface area contributed by atoms with Gasteiger partial charge in [0, 0.05) is 12.1 Å². The molecule has 2 rings (SSSR count). The Balaban J connectivity index is 2.20. The number of methoxy groups -OCH3 is 1. The zero-order valence-electron chi connectivity index (χ0n) is 11.4. The highest BCUT2D eigenvalue weighted by Gasteiger charge is 2.37. The minimum atomic E-state index is -0.720. The van der Waals surface area contributed by atoms with Gasteiger partial charge in [-0.15, -0.1) is 0 Å². The lowest BCUT2D eigenvalue weighted by Crippen LogP contribution is -2.44. The van der Waals surface area contributed by atoms with Crippen LogP contribution in [0.4, 0.5) is 0 Å². The molecule has 1 unspecified atom stereocenters. The van der Waals surface area contributed by atoms with E-state index >= 15 is 0 Å². The first-order valence-electron chi connectivity index (χ1n) is 6.35. The number of nitrogens with one attached hydrogen (secondary N) is 1. The van der Waals surface area contributed by atoms with Crippen LogP contribution in [-0.2, 0) is 9.59 Å². The SMILES string of the molecule is CCN(C(=O)c1ccc(OC)cc1)C1CC(=O)NC1=O. The van der Waals surface area contributed by atoms with E-state index in [4.69, 9.17) is 4.74 Å². The van der Waals surface area contributed by atoms with Crippen molar-refractivity contribution in [1.29, 1.82) is 0 Å². The van der Waals surface area contributed by atoms with Gasteiger partial charge in [0.05, 0.1) is 13.5 Å². The van der Waals surface area contributed by atoms with Crippen molar-refractivity contribution in [3.63, 3.8) is 0 Å². The summed E-state index contributed by atoms with van der Waals surface area (Å²) in [6, 6.07) is 5.92. The van der Waals surface area contributed by atoms with Crippen LogP contribution in [0.15, 0.2) is 24.3 Å². The van der Waals surface area contributed by atoms with E-state index in [-0.39, 0.29) is 18.2 Å². The lowest BCUT2D eigenvalue weighted by Gasteiger charge is -2.25. The Kier molecular flexibility index (Phi) is 4.02. The highest BCUT2D eigenvalue weighted by Crippen LogP contribution is 2.17. The van der Waals surface area contributed by atoms with Gasteiger partial charge in [-0.1, -0.05) is 0 Å². The van der Waals surface area contributed by atoms with Crippen molar-refractivity contribution in [2.75, 3.05) is 13.7 Å². The van der Waals surface area contributed by atoms with Gasteiger partial charge in [-0.2, -0.15) is 0 Å². The van der Waals surface area contributed by atoms with Crippen molar-refractivity contribution in [2.24, 2.45) is 0 Å². The van der Waals surface area contributed by atoms with Crippen LogP contribution in [-0.4, -0.2) is 42.3 Å². The van der Waals surface area contributed by atoms with Crippen molar-refractivity contribution < 1.29 is 19.1 Å². The number of rotatable bonds is 4. The summed E-state index contributed by atoms with van der Waals surface area (Å²) >= 11 is 0. The molecule has 0 radical (unpaired) electrons. The van der Waals surface area contributed by atoms with Crippen molar-refractivity contribution >= 4 is 17.7 Å². The molecule has 1 aromatic rings. The maximum atomic E-state index is 12.4. The molecule has 1 aliphatic heterocycles. The summed E-state index contributed by atoms with van der Waals surface area (Å²) in [5.41, 5.74) is 0.458. The van der Waals surface area contributed by atoms with E-state index in [1.807, 2.05) is 0 Å². The standard InChI is InChI=1S/C14H16N2O4/c1-3-16(11-8-12(17)15-13(11)18)14(19)9-4-6-10(20-2)7-5-9/h4-7,11H,3,8H2,1-2H3,(H,15,17,18). The van der Waals surface area contributed by atoms with Crippen LogP contribution in [0, 0.1) is 0 Å². The summed E-state index contributed by atoms with van der Waals surface area (Å²) in [6.07, 6.45) is 0.0224. The fourth-order valence-electron chi connectivity index (χ4n) is 2.20. The van der Waals surface area contributed by atoms with Crippen LogP contribution >= 0.6 is 0 Å². The first-order chi connectivity index (χ1) is 9.56. The molecule has 1 N–H and O–H groups in total. The predicted octanol–water partition coefficient (Wildman–Crippen LogP) is 0.572. The monoisotopic (exact) mass is 276 g/mol. The second-order valence-corrected chi connectivity index (χ2v) is 4.45. The average molecular weight is 276 g/mol. The zero-order chi connectivity index (χ0) is 14.7. The van der Waals surface area contributed by atoms with E-state index in [2.05, 4.69) is 5.32 Å². The molecule has 3 amide bonds. The molecule has 1 atom stereocenters. The van der Waals surface area contributed by atoms with Gasteiger partial charge in [-0.3, -0.25) is 19.7 Å². The van der Waals surface area contributed by atoms with Crippen molar-refractivity contribution in [3.05, 3.63) is 29.8 Å². The maximum absolute atomic E-state index is 12.4. The number of carbonyl (C=O) groups is 3. The van der Waals surface area contributed by atoms with Crippen LogP contribution in [0.5, 0.6) is 5.75 Å². The predicted molar refractivity (Wildman–Crippen MR) is 71.3 cm³/mol. The third-order valence-corrected chi connectivity index (χ3v) is 3.26. The first kappa shape index (κ1) is 14.0. The summed E-state index contributed by atoms with van der Waals surface area (Å²) in [5, 5.41) is 2.21. The molecule has 0 aromatic heterocycles. The summed E-state index contributed by atoms with van der Waals surface area (Å²) in [4.78, 5) is 36.7. The minimum Gasteiger partial charge on any atom is -0.497 e. The van der Waals surface area contributed by atoms with Crippen LogP contribution in [0.25, 0.3) is 0 Å². The van der Waals surface area contributed by atoms with E-state index in [0.717, 1.165) is 0 Å². The number of nitrogens with zero attached hydrogens (tertiary/aromatic N) is 1. The molecule has 0 spiro atoms. The minimum absolute atomic E-state index is 0.0224. The van der Waals surface area contributed by atoms with Gasteiger partial charge >= 0.3 is 0 Å². The summed E-state index contributed by atoms with van der Waals surface area (Å²) in [6.45, 7) is 2.13. The highest BCUT2D eigenvalue weighted by atomic mass is 16.5. The Bertz CT molecular complexity index is 539. The third-order valence-electron chi connectivity index (χ3n) is 3.26.